The summed E-state index contributed by atoms with van der Waals surface area (Å²) in [5.41, 5.74) is 3.82. The molecule has 1 spiro atoms. The molecule has 2 aliphatic heterocycles. The summed E-state index contributed by atoms with van der Waals surface area (Å²) < 4.78 is 5.65. The van der Waals surface area contributed by atoms with Gasteiger partial charge in [0.2, 0.25) is 0 Å². The monoisotopic (exact) mass is 435 g/mol. The van der Waals surface area contributed by atoms with Crippen molar-refractivity contribution in [2.45, 2.75) is 48.1 Å². The van der Waals surface area contributed by atoms with Crippen LogP contribution in [-0.4, -0.2) is 51.3 Å². The minimum absolute atomic E-state index is 0.387. The van der Waals surface area contributed by atoms with Gasteiger partial charge in [0.25, 0.3) is 0 Å². The number of fused-ring (bicyclic) bond motifs is 2. The third kappa shape index (κ3) is 3.56. The van der Waals surface area contributed by atoms with Gasteiger partial charge in [-0.3, -0.25) is 4.98 Å². The van der Waals surface area contributed by atoms with Crippen LogP contribution in [0.25, 0.3) is 11.2 Å². The predicted molar refractivity (Wildman–Crippen MR) is 118 cm³/mol. The lowest BCUT2D eigenvalue weighted by atomic mass is 9.78. The summed E-state index contributed by atoms with van der Waals surface area (Å²) in [4.78, 5) is 22.0. The number of ether oxygens (including phenoxy) is 1. The summed E-state index contributed by atoms with van der Waals surface area (Å²) >= 11 is 1.60. The average molecular weight is 436 g/mol. The summed E-state index contributed by atoms with van der Waals surface area (Å²) in [5.74, 6) is 0.935. The van der Waals surface area contributed by atoms with Gasteiger partial charge in [0, 0.05) is 30.8 Å². The molecule has 3 aromatic heterocycles. The maximum Gasteiger partial charge on any atom is 0.179 e. The third-order valence-corrected chi connectivity index (χ3v) is 7.98. The molecule has 1 atom stereocenters. The van der Waals surface area contributed by atoms with Gasteiger partial charge >= 0.3 is 0 Å². The molecule has 3 aromatic rings. The highest BCUT2D eigenvalue weighted by atomic mass is 32.2. The van der Waals surface area contributed by atoms with Crippen molar-refractivity contribution in [1.82, 2.24) is 19.9 Å². The Balaban J connectivity index is 1.21. The third-order valence-electron chi connectivity index (χ3n) is 6.94. The van der Waals surface area contributed by atoms with Crippen molar-refractivity contribution in [3.63, 3.8) is 0 Å². The Kier molecular flexibility index (Phi) is 4.81. The van der Waals surface area contributed by atoms with Gasteiger partial charge in [-0.25, -0.2) is 15.0 Å². The lowest BCUT2D eigenvalue weighted by Crippen LogP contribution is -2.40. The Morgan fingerprint density at radius 2 is 2.00 bits per heavy atom. The molecule has 6 rings (SSSR count). The van der Waals surface area contributed by atoms with Crippen LogP contribution in [0.4, 0.5) is 5.82 Å². The zero-order valence-electron chi connectivity index (χ0n) is 17.3. The summed E-state index contributed by atoms with van der Waals surface area (Å²) in [6, 6.07) is 6.01. The van der Waals surface area contributed by atoms with Gasteiger partial charge in [-0.2, -0.15) is 0 Å². The molecule has 160 valence electrons. The summed E-state index contributed by atoms with van der Waals surface area (Å²) in [6.07, 6.45) is 8.27. The van der Waals surface area contributed by atoms with Crippen LogP contribution in [0.3, 0.4) is 0 Å². The highest BCUT2D eigenvalue weighted by molar-refractivity contribution is 7.99. The minimum Gasteiger partial charge on any atom is -0.387 e. The van der Waals surface area contributed by atoms with Crippen LogP contribution in [0, 0.1) is 5.41 Å². The molecular weight excluding hydrogens is 410 g/mol. The molecule has 0 radical (unpaired) electrons. The van der Waals surface area contributed by atoms with E-state index in [0.29, 0.717) is 11.1 Å². The number of pyridine rings is 2. The van der Waals surface area contributed by atoms with Crippen LogP contribution in [0.2, 0.25) is 0 Å². The minimum atomic E-state index is -0.449. The molecule has 0 bridgehead atoms. The fraction of sp³-hybridized carbons (Fsp3) is 0.478. The second kappa shape index (κ2) is 7.69. The van der Waals surface area contributed by atoms with Crippen LogP contribution in [-0.2, 0) is 11.2 Å². The number of rotatable bonds is 3. The number of aliphatic hydroxyl groups is 1. The Hall–Kier alpha value is -2.29. The fourth-order valence-corrected chi connectivity index (χ4v) is 5.95. The van der Waals surface area contributed by atoms with Gasteiger partial charge in [-0.15, -0.1) is 0 Å². The number of piperidine rings is 1. The van der Waals surface area contributed by atoms with E-state index < -0.39 is 6.10 Å². The Morgan fingerprint density at radius 1 is 1.10 bits per heavy atom. The van der Waals surface area contributed by atoms with Crippen LogP contribution >= 0.6 is 11.8 Å². The van der Waals surface area contributed by atoms with E-state index >= 15 is 0 Å². The highest BCUT2D eigenvalue weighted by Gasteiger charge is 2.38. The normalized spacial score (nSPS) is 22.4. The predicted octanol–water partition coefficient (Wildman–Crippen LogP) is 3.56. The quantitative estimate of drug-likeness (QED) is 0.669. The van der Waals surface area contributed by atoms with Crippen molar-refractivity contribution in [3.05, 3.63) is 41.9 Å². The smallest absolute Gasteiger partial charge is 0.179 e. The molecule has 1 N–H and O–H groups in total. The molecule has 1 unspecified atom stereocenters. The molecule has 1 aliphatic carbocycles. The van der Waals surface area contributed by atoms with Crippen LogP contribution in [0.1, 0.15) is 43.0 Å². The largest absolute Gasteiger partial charge is 0.387 e. The average Bonchev–Trinajstić information content (AvgIpc) is 3.42. The van der Waals surface area contributed by atoms with E-state index in [9.17, 15) is 5.11 Å². The lowest BCUT2D eigenvalue weighted by molar-refractivity contribution is 0.133. The molecule has 31 heavy (non-hydrogen) atoms. The first-order chi connectivity index (χ1) is 15.2. The first kappa shape index (κ1) is 19.4. The molecule has 2 fully saturated rings. The molecule has 2 saturated heterocycles. The highest BCUT2D eigenvalue weighted by Crippen LogP contribution is 2.40. The number of aromatic nitrogens is 4. The fourth-order valence-electron chi connectivity index (χ4n) is 4.99. The van der Waals surface area contributed by atoms with Crippen LogP contribution in [0.5, 0.6) is 0 Å². The second-order valence-electron chi connectivity index (χ2n) is 8.84. The SMILES string of the molecule is OC1CCc2c(Sc3ccc4nc(N5CCC6(CCOC6)CC5)cnc4n3)ccnc21. The molecule has 5 heterocycles. The van der Waals surface area contributed by atoms with E-state index in [-0.39, 0.29) is 0 Å². The van der Waals surface area contributed by atoms with Gasteiger partial charge in [0.15, 0.2) is 5.65 Å². The van der Waals surface area contributed by atoms with E-state index in [1.54, 1.807) is 18.0 Å². The summed E-state index contributed by atoms with van der Waals surface area (Å²) in [6.45, 7) is 3.83. The Labute approximate surface area is 185 Å². The zero-order chi connectivity index (χ0) is 20.8. The molecule has 3 aliphatic rings. The van der Waals surface area contributed by atoms with Crippen LogP contribution < -0.4 is 4.90 Å². The maximum absolute atomic E-state index is 10.1. The van der Waals surface area contributed by atoms with Crippen LogP contribution in [0.15, 0.2) is 40.5 Å². The Morgan fingerprint density at radius 3 is 2.84 bits per heavy atom. The molecular formula is C23H25N5O2S. The summed E-state index contributed by atoms with van der Waals surface area (Å²) in [7, 11) is 0. The molecule has 8 heteroatoms. The number of anilines is 1. The van der Waals surface area contributed by atoms with Gasteiger partial charge < -0.3 is 14.7 Å². The van der Waals surface area contributed by atoms with Gasteiger partial charge in [0.05, 0.1) is 24.6 Å². The topological polar surface area (TPSA) is 84.3 Å². The number of hydrogen-bond acceptors (Lipinski definition) is 8. The van der Waals surface area contributed by atoms with Crippen molar-refractivity contribution in [2.75, 3.05) is 31.2 Å². The van der Waals surface area contributed by atoms with Gasteiger partial charge in [0.1, 0.15) is 16.4 Å². The van der Waals surface area contributed by atoms with Crippen molar-refractivity contribution in [1.29, 1.82) is 0 Å². The van der Waals surface area contributed by atoms with Crippen molar-refractivity contribution >= 4 is 28.7 Å². The maximum atomic E-state index is 10.1. The van der Waals surface area contributed by atoms with Crippen molar-refractivity contribution < 1.29 is 9.84 Å². The van der Waals surface area contributed by atoms with Gasteiger partial charge in [-0.05, 0) is 61.3 Å². The lowest BCUT2D eigenvalue weighted by Gasteiger charge is -2.38. The zero-order valence-corrected chi connectivity index (χ0v) is 18.1. The van der Waals surface area contributed by atoms with E-state index in [0.717, 1.165) is 84.5 Å². The van der Waals surface area contributed by atoms with Crippen molar-refractivity contribution in [2.24, 2.45) is 5.41 Å². The second-order valence-corrected chi connectivity index (χ2v) is 9.90. The van der Waals surface area contributed by atoms with E-state index in [4.69, 9.17) is 14.7 Å². The van der Waals surface area contributed by atoms with Gasteiger partial charge in [-0.1, -0.05) is 11.8 Å². The molecule has 0 saturated carbocycles. The van der Waals surface area contributed by atoms with E-state index in [1.807, 2.05) is 24.4 Å². The number of nitrogens with zero attached hydrogens (tertiary/aromatic N) is 5. The number of aliphatic hydroxyl groups excluding tert-OH is 1. The summed E-state index contributed by atoms with van der Waals surface area (Å²) in [5, 5.41) is 11.0. The van der Waals surface area contributed by atoms with E-state index in [2.05, 4.69) is 14.9 Å². The molecule has 0 amide bonds. The van der Waals surface area contributed by atoms with Crippen molar-refractivity contribution in [3.8, 4) is 0 Å². The Bertz CT molecular complexity index is 1120. The molecule has 0 aromatic carbocycles. The number of hydrogen-bond donors (Lipinski definition) is 1. The first-order valence-electron chi connectivity index (χ1n) is 11.0. The standard InChI is InChI=1S/C23H25N5O2S/c29-17-3-1-15-18(5-9-24-21(15)17)31-20-4-2-16-22(27-20)25-13-19(26-16)28-10-6-23(7-11-28)8-12-30-14-23/h2,4-5,9,13,17,29H,1,3,6-8,10-12,14H2. The first-order valence-corrected chi connectivity index (χ1v) is 11.8. The van der Waals surface area contributed by atoms with E-state index in [1.165, 1.54) is 6.42 Å². The molecule has 7 nitrogen and oxygen atoms in total.